The first kappa shape index (κ1) is 28.1. The zero-order valence-electron chi connectivity index (χ0n) is 21.4. The maximum atomic E-state index is 13.0. The molecular weight excluding hydrogens is 444 g/mol. The largest absolute Gasteiger partial charge is 0.412 e. The number of benzene rings is 2. The van der Waals surface area contributed by atoms with Crippen molar-refractivity contribution < 1.29 is 23.8 Å². The maximum Gasteiger partial charge on any atom is 0.218 e. The molecule has 0 bridgehead atoms. The summed E-state index contributed by atoms with van der Waals surface area (Å²) in [6.45, 7) is 11.3. The Morgan fingerprint density at radius 2 is 1.59 bits per heavy atom. The Morgan fingerprint density at radius 1 is 1.00 bits per heavy atom. The van der Waals surface area contributed by atoms with E-state index in [1.807, 2.05) is 61.5 Å². The molecule has 2 aromatic carbocycles. The lowest BCUT2D eigenvalue weighted by molar-refractivity contribution is -0.139. The van der Waals surface area contributed by atoms with Gasteiger partial charge in [0.2, 0.25) is 8.32 Å². The van der Waals surface area contributed by atoms with Crippen LogP contribution in [0.15, 0.2) is 72.3 Å². The summed E-state index contributed by atoms with van der Waals surface area (Å²) in [5.74, 6) is -0.476. The van der Waals surface area contributed by atoms with Crippen molar-refractivity contribution in [1.29, 1.82) is 0 Å². The second kappa shape index (κ2) is 13.7. The van der Waals surface area contributed by atoms with Crippen LogP contribution in [0.25, 0.3) is 0 Å². The SMILES string of the molecule is CO[C@@H](C(=O)[C@H](C)COCc1ccccc1)[C@H](O)/C(C)=C/[C@@H](C)CO[Si](C)(C)c1ccccc1. The minimum Gasteiger partial charge on any atom is -0.412 e. The molecule has 0 aromatic heterocycles. The van der Waals surface area contributed by atoms with E-state index in [1.165, 1.54) is 12.3 Å². The molecule has 0 aliphatic rings. The van der Waals surface area contributed by atoms with E-state index < -0.39 is 26.4 Å². The summed E-state index contributed by atoms with van der Waals surface area (Å²) in [4.78, 5) is 13.0. The van der Waals surface area contributed by atoms with Gasteiger partial charge in [0.1, 0.15) is 12.2 Å². The molecule has 0 amide bonds. The third-order valence-corrected chi connectivity index (χ3v) is 8.59. The number of carbonyl (C=O) groups excluding carboxylic acids is 1. The molecule has 6 heteroatoms. The van der Waals surface area contributed by atoms with E-state index in [0.29, 0.717) is 18.8 Å². The summed E-state index contributed by atoms with van der Waals surface area (Å²) >= 11 is 0. The molecule has 0 aliphatic carbocycles. The topological polar surface area (TPSA) is 65.0 Å². The summed E-state index contributed by atoms with van der Waals surface area (Å²) in [6.07, 6.45) is 0.0152. The molecule has 0 saturated carbocycles. The van der Waals surface area contributed by atoms with Crippen LogP contribution in [-0.2, 0) is 25.3 Å². The van der Waals surface area contributed by atoms with E-state index in [1.54, 1.807) is 6.92 Å². The van der Waals surface area contributed by atoms with E-state index in [2.05, 4.69) is 32.2 Å². The third-order valence-electron chi connectivity index (χ3n) is 5.98. The second-order valence-corrected chi connectivity index (χ2v) is 13.4. The normalized spacial score (nSPS) is 16.0. The Hall–Kier alpha value is -2.09. The molecule has 0 heterocycles. The number of aliphatic hydroxyl groups excluding tert-OH is 1. The molecular formula is C28H40O5Si. The van der Waals surface area contributed by atoms with E-state index in [4.69, 9.17) is 13.9 Å². The first-order valence-corrected chi connectivity index (χ1v) is 14.8. The van der Waals surface area contributed by atoms with Crippen molar-refractivity contribution in [3.8, 4) is 0 Å². The molecule has 4 atom stereocenters. The number of rotatable bonds is 14. The van der Waals surface area contributed by atoms with Gasteiger partial charge in [-0.3, -0.25) is 4.79 Å². The number of hydrogen-bond donors (Lipinski definition) is 1. The van der Waals surface area contributed by atoms with Crippen LogP contribution < -0.4 is 5.19 Å². The van der Waals surface area contributed by atoms with Gasteiger partial charge in [0.15, 0.2) is 5.78 Å². The van der Waals surface area contributed by atoms with E-state index in [0.717, 1.165) is 5.56 Å². The van der Waals surface area contributed by atoms with Crippen LogP contribution in [-0.4, -0.2) is 51.7 Å². The van der Waals surface area contributed by atoms with Crippen molar-refractivity contribution in [2.75, 3.05) is 20.3 Å². The zero-order chi connectivity index (χ0) is 25.1. The van der Waals surface area contributed by atoms with Crippen molar-refractivity contribution in [1.82, 2.24) is 0 Å². The van der Waals surface area contributed by atoms with Crippen molar-refractivity contribution in [3.05, 3.63) is 77.9 Å². The Labute approximate surface area is 205 Å². The molecule has 2 aromatic rings. The summed E-state index contributed by atoms with van der Waals surface area (Å²) in [5, 5.41) is 12.1. The van der Waals surface area contributed by atoms with Crippen LogP contribution in [0.3, 0.4) is 0 Å². The van der Waals surface area contributed by atoms with Crippen LogP contribution in [0.5, 0.6) is 0 Å². The lowest BCUT2D eigenvalue weighted by Gasteiger charge is -2.26. The fourth-order valence-corrected chi connectivity index (χ4v) is 5.63. The fourth-order valence-electron chi connectivity index (χ4n) is 3.79. The van der Waals surface area contributed by atoms with E-state index in [9.17, 15) is 9.90 Å². The van der Waals surface area contributed by atoms with Crippen molar-refractivity contribution >= 4 is 19.3 Å². The Kier molecular flexibility index (Phi) is 11.3. The summed E-state index contributed by atoms with van der Waals surface area (Å²) in [7, 11) is -0.548. The number of aliphatic hydroxyl groups is 1. The van der Waals surface area contributed by atoms with Crippen molar-refractivity contribution in [3.63, 3.8) is 0 Å². The molecule has 0 unspecified atom stereocenters. The van der Waals surface area contributed by atoms with Crippen LogP contribution >= 0.6 is 0 Å². The fraction of sp³-hybridized carbons (Fsp3) is 0.464. The summed E-state index contributed by atoms with van der Waals surface area (Å²) in [6, 6.07) is 20.1. The predicted molar refractivity (Wildman–Crippen MR) is 140 cm³/mol. The van der Waals surface area contributed by atoms with Gasteiger partial charge < -0.3 is 19.0 Å². The molecule has 0 aliphatic heterocycles. The van der Waals surface area contributed by atoms with Crippen LogP contribution in [0.4, 0.5) is 0 Å². The maximum absolute atomic E-state index is 13.0. The van der Waals surface area contributed by atoms with Gasteiger partial charge >= 0.3 is 0 Å². The minimum atomic E-state index is -2.00. The van der Waals surface area contributed by atoms with Gasteiger partial charge in [-0.15, -0.1) is 0 Å². The summed E-state index contributed by atoms with van der Waals surface area (Å²) in [5.41, 5.74) is 1.76. The predicted octanol–water partition coefficient (Wildman–Crippen LogP) is 4.50. The van der Waals surface area contributed by atoms with Crippen LogP contribution in [0, 0.1) is 11.8 Å². The van der Waals surface area contributed by atoms with Gasteiger partial charge in [-0.2, -0.15) is 0 Å². The second-order valence-electron chi connectivity index (χ2n) is 9.48. The minimum absolute atomic E-state index is 0.0874. The standard InChI is InChI=1S/C28H40O5Si/c1-21(18-33-34(5,6)25-15-11-8-12-16-25)17-22(2)26(29)28(31-4)27(30)23(3)19-32-20-24-13-9-7-10-14-24/h7-17,21,23,26,28-29H,18-20H2,1-6H3/b22-17+/t21-,23-,26-,28-/m1/s1. The molecule has 5 nitrogen and oxygen atoms in total. The number of carbonyl (C=O) groups is 1. The Balaban J connectivity index is 1.89. The highest BCUT2D eigenvalue weighted by molar-refractivity contribution is 6.84. The monoisotopic (exact) mass is 484 g/mol. The highest BCUT2D eigenvalue weighted by Crippen LogP contribution is 2.18. The van der Waals surface area contributed by atoms with Crippen LogP contribution in [0.2, 0.25) is 13.1 Å². The average molecular weight is 485 g/mol. The number of methoxy groups -OCH3 is 1. The molecule has 34 heavy (non-hydrogen) atoms. The van der Waals surface area contributed by atoms with Gasteiger partial charge in [0.05, 0.1) is 13.2 Å². The molecule has 0 radical (unpaired) electrons. The van der Waals surface area contributed by atoms with E-state index >= 15 is 0 Å². The highest BCUT2D eigenvalue weighted by Gasteiger charge is 2.31. The first-order chi connectivity index (χ1) is 16.2. The van der Waals surface area contributed by atoms with Gasteiger partial charge in [-0.1, -0.05) is 80.6 Å². The van der Waals surface area contributed by atoms with Gasteiger partial charge in [0.25, 0.3) is 0 Å². The lowest BCUT2D eigenvalue weighted by Crippen LogP contribution is -2.45. The number of hydrogen-bond acceptors (Lipinski definition) is 5. The number of Topliss-reactive ketones (excluding diaryl/α,β-unsaturated/α-hetero) is 1. The lowest BCUT2D eigenvalue weighted by atomic mass is 9.93. The molecule has 1 N–H and O–H groups in total. The average Bonchev–Trinajstić information content (AvgIpc) is 2.84. The number of ether oxygens (including phenoxy) is 2. The highest BCUT2D eigenvalue weighted by atomic mass is 28.4. The van der Waals surface area contributed by atoms with Gasteiger partial charge in [-0.05, 0) is 42.3 Å². The zero-order valence-corrected chi connectivity index (χ0v) is 22.4. The first-order valence-electron chi connectivity index (χ1n) is 11.9. The molecule has 186 valence electrons. The van der Waals surface area contributed by atoms with Crippen molar-refractivity contribution in [2.45, 2.75) is 52.7 Å². The van der Waals surface area contributed by atoms with Gasteiger partial charge in [0, 0.05) is 19.6 Å². The molecule has 0 saturated heterocycles. The van der Waals surface area contributed by atoms with E-state index in [-0.39, 0.29) is 18.3 Å². The van der Waals surface area contributed by atoms with Gasteiger partial charge in [-0.25, -0.2) is 0 Å². The van der Waals surface area contributed by atoms with Crippen molar-refractivity contribution in [2.24, 2.45) is 11.8 Å². The molecule has 0 fully saturated rings. The Bertz CT molecular complexity index is 898. The molecule has 0 spiro atoms. The smallest absolute Gasteiger partial charge is 0.218 e. The molecule has 2 rings (SSSR count). The van der Waals surface area contributed by atoms with Crippen LogP contribution in [0.1, 0.15) is 26.3 Å². The summed E-state index contributed by atoms with van der Waals surface area (Å²) < 4.78 is 17.4. The quantitative estimate of drug-likeness (QED) is 0.316. The number of ketones is 1. The Morgan fingerprint density at radius 3 is 2.18 bits per heavy atom. The third kappa shape index (κ3) is 8.60.